The van der Waals surface area contributed by atoms with Crippen LogP contribution in [-0.4, -0.2) is 19.2 Å². The fraction of sp³-hybridized carbons (Fsp3) is 0.393. The highest BCUT2D eigenvalue weighted by molar-refractivity contribution is 5.83. The number of carbonyl (C=O) groups is 1. The Kier molecular flexibility index (Phi) is 5.55. The molecule has 1 aliphatic carbocycles. The van der Waals surface area contributed by atoms with Gasteiger partial charge in [0.05, 0.1) is 13.2 Å². The number of allylic oxidation sites excluding steroid dienone is 3. The molecule has 0 amide bonds. The Morgan fingerprint density at radius 1 is 1.19 bits per heavy atom. The van der Waals surface area contributed by atoms with Crippen molar-refractivity contribution in [3.8, 4) is 16.9 Å². The summed E-state index contributed by atoms with van der Waals surface area (Å²) in [6.07, 6.45) is 6.94. The van der Waals surface area contributed by atoms with E-state index < -0.39 is 0 Å². The van der Waals surface area contributed by atoms with Crippen LogP contribution < -0.4 is 4.74 Å². The lowest BCUT2D eigenvalue weighted by atomic mass is 9.81. The summed E-state index contributed by atoms with van der Waals surface area (Å²) in [6, 6.07) is 15.2. The van der Waals surface area contributed by atoms with Crippen molar-refractivity contribution in [1.82, 2.24) is 0 Å². The molecule has 2 aromatic rings. The zero-order chi connectivity index (χ0) is 22.2. The highest BCUT2D eigenvalue weighted by Crippen LogP contribution is 2.57. The number of fused-ring (bicyclic) bond motifs is 1. The molecule has 2 atom stereocenters. The molecule has 1 fully saturated rings. The van der Waals surface area contributed by atoms with Crippen molar-refractivity contribution >= 4 is 5.97 Å². The SMILES string of the molecule is CCOC(=O)/C=C(C)/C=C/[C@@H]1C[C@]1(C)c1cc(-c2ccccc2)c2c(c1)C(C)(C)CO2. The van der Waals surface area contributed by atoms with E-state index in [0.717, 1.165) is 17.7 Å². The summed E-state index contributed by atoms with van der Waals surface area (Å²) in [5.41, 5.74) is 6.07. The summed E-state index contributed by atoms with van der Waals surface area (Å²) in [5, 5.41) is 0. The third-order valence-electron chi connectivity index (χ3n) is 6.67. The van der Waals surface area contributed by atoms with Gasteiger partial charge in [0.2, 0.25) is 0 Å². The summed E-state index contributed by atoms with van der Waals surface area (Å²) in [7, 11) is 0. The van der Waals surface area contributed by atoms with Gasteiger partial charge in [-0.3, -0.25) is 0 Å². The first-order valence-corrected chi connectivity index (χ1v) is 11.1. The number of hydrogen-bond acceptors (Lipinski definition) is 3. The maximum Gasteiger partial charge on any atom is 0.330 e. The second kappa shape index (κ2) is 8.03. The molecule has 31 heavy (non-hydrogen) atoms. The maximum atomic E-state index is 11.7. The average Bonchev–Trinajstić information content (AvgIpc) is 3.32. The van der Waals surface area contributed by atoms with Crippen LogP contribution in [0.5, 0.6) is 5.75 Å². The molecule has 1 heterocycles. The Labute approximate surface area is 185 Å². The van der Waals surface area contributed by atoms with E-state index >= 15 is 0 Å². The topological polar surface area (TPSA) is 35.5 Å². The van der Waals surface area contributed by atoms with Gasteiger partial charge in [0.15, 0.2) is 0 Å². The Bertz CT molecular complexity index is 1050. The lowest BCUT2D eigenvalue weighted by molar-refractivity contribution is -0.137. The molecule has 0 bridgehead atoms. The highest BCUT2D eigenvalue weighted by Gasteiger charge is 2.50. The molecule has 162 valence electrons. The predicted molar refractivity (Wildman–Crippen MR) is 125 cm³/mol. The molecule has 0 spiro atoms. The van der Waals surface area contributed by atoms with Gasteiger partial charge in [-0.05, 0) is 54.4 Å². The van der Waals surface area contributed by atoms with Crippen molar-refractivity contribution in [2.24, 2.45) is 5.92 Å². The van der Waals surface area contributed by atoms with Crippen LogP contribution in [-0.2, 0) is 20.4 Å². The van der Waals surface area contributed by atoms with Crippen LogP contribution in [0.1, 0.15) is 52.2 Å². The minimum absolute atomic E-state index is 0.00439. The zero-order valence-corrected chi connectivity index (χ0v) is 19.2. The van der Waals surface area contributed by atoms with Crippen LogP contribution in [0.3, 0.4) is 0 Å². The third kappa shape index (κ3) is 4.19. The van der Waals surface area contributed by atoms with E-state index in [0.29, 0.717) is 19.1 Å². The van der Waals surface area contributed by atoms with E-state index in [2.05, 4.69) is 63.2 Å². The molecule has 4 rings (SSSR count). The molecule has 1 aliphatic heterocycles. The van der Waals surface area contributed by atoms with Crippen LogP contribution in [0.15, 0.2) is 66.3 Å². The van der Waals surface area contributed by atoms with Gasteiger partial charge in [-0.25, -0.2) is 4.79 Å². The minimum Gasteiger partial charge on any atom is -0.492 e. The van der Waals surface area contributed by atoms with Crippen molar-refractivity contribution < 1.29 is 14.3 Å². The normalized spacial score (nSPS) is 24.0. The number of ether oxygens (including phenoxy) is 2. The zero-order valence-electron chi connectivity index (χ0n) is 19.2. The number of esters is 1. The highest BCUT2D eigenvalue weighted by atomic mass is 16.5. The Morgan fingerprint density at radius 3 is 2.65 bits per heavy atom. The van der Waals surface area contributed by atoms with E-state index in [9.17, 15) is 4.79 Å². The number of benzene rings is 2. The summed E-state index contributed by atoms with van der Waals surface area (Å²) in [4.78, 5) is 11.7. The summed E-state index contributed by atoms with van der Waals surface area (Å²) in [6.45, 7) is 11.7. The smallest absolute Gasteiger partial charge is 0.330 e. The molecule has 0 aromatic heterocycles. The van der Waals surface area contributed by atoms with Crippen molar-refractivity contribution in [2.45, 2.75) is 51.9 Å². The number of carbonyl (C=O) groups excluding carboxylic acids is 1. The molecule has 2 aliphatic rings. The lowest BCUT2D eigenvalue weighted by Crippen LogP contribution is -2.18. The first-order valence-electron chi connectivity index (χ1n) is 11.1. The van der Waals surface area contributed by atoms with Crippen LogP contribution in [0, 0.1) is 5.92 Å². The van der Waals surface area contributed by atoms with Crippen molar-refractivity contribution in [2.75, 3.05) is 13.2 Å². The molecular weight excluding hydrogens is 384 g/mol. The summed E-state index contributed by atoms with van der Waals surface area (Å²) >= 11 is 0. The Morgan fingerprint density at radius 2 is 1.94 bits per heavy atom. The van der Waals surface area contributed by atoms with Crippen LogP contribution >= 0.6 is 0 Å². The lowest BCUT2D eigenvalue weighted by Gasteiger charge is -2.20. The fourth-order valence-corrected chi connectivity index (χ4v) is 4.48. The molecule has 0 N–H and O–H groups in total. The summed E-state index contributed by atoms with van der Waals surface area (Å²) in [5.74, 6) is 1.20. The van der Waals surface area contributed by atoms with Gasteiger partial charge < -0.3 is 9.47 Å². The minimum atomic E-state index is -0.281. The second-order valence-electron chi connectivity index (χ2n) is 9.67. The van der Waals surface area contributed by atoms with Gasteiger partial charge in [-0.2, -0.15) is 0 Å². The molecule has 0 saturated heterocycles. The largest absolute Gasteiger partial charge is 0.492 e. The van der Waals surface area contributed by atoms with Crippen molar-refractivity contribution in [1.29, 1.82) is 0 Å². The van der Waals surface area contributed by atoms with Crippen LogP contribution in [0.2, 0.25) is 0 Å². The predicted octanol–water partition coefficient (Wildman–Crippen LogP) is 6.37. The van der Waals surface area contributed by atoms with E-state index in [1.807, 2.05) is 26.0 Å². The van der Waals surface area contributed by atoms with Gasteiger partial charge in [0.25, 0.3) is 0 Å². The first-order chi connectivity index (χ1) is 14.7. The van der Waals surface area contributed by atoms with Gasteiger partial charge >= 0.3 is 5.97 Å². The Balaban J connectivity index is 1.65. The van der Waals surface area contributed by atoms with Crippen molar-refractivity contribution in [3.05, 3.63) is 77.4 Å². The van der Waals surface area contributed by atoms with Gasteiger partial charge in [0.1, 0.15) is 5.75 Å². The Hall–Kier alpha value is -2.81. The molecule has 0 radical (unpaired) electrons. The molecule has 3 heteroatoms. The average molecular weight is 417 g/mol. The van der Waals surface area contributed by atoms with Gasteiger partial charge in [-0.1, -0.05) is 69.3 Å². The molecule has 2 aromatic carbocycles. The van der Waals surface area contributed by atoms with E-state index in [1.54, 1.807) is 6.08 Å². The van der Waals surface area contributed by atoms with Gasteiger partial charge in [0, 0.05) is 22.6 Å². The van der Waals surface area contributed by atoms with E-state index in [1.165, 1.54) is 22.3 Å². The quantitative estimate of drug-likeness (QED) is 0.312. The second-order valence-corrected chi connectivity index (χ2v) is 9.67. The van der Waals surface area contributed by atoms with Crippen molar-refractivity contribution in [3.63, 3.8) is 0 Å². The van der Waals surface area contributed by atoms with E-state index in [4.69, 9.17) is 9.47 Å². The van der Waals surface area contributed by atoms with Crippen LogP contribution in [0.25, 0.3) is 11.1 Å². The maximum absolute atomic E-state index is 11.7. The number of hydrogen-bond donors (Lipinski definition) is 0. The molecule has 1 saturated carbocycles. The third-order valence-corrected chi connectivity index (χ3v) is 6.67. The first kappa shape index (κ1) is 21.4. The van der Waals surface area contributed by atoms with Gasteiger partial charge in [-0.15, -0.1) is 0 Å². The van der Waals surface area contributed by atoms with E-state index in [-0.39, 0.29) is 16.8 Å². The molecular formula is C28H32O3. The monoisotopic (exact) mass is 416 g/mol. The fourth-order valence-electron chi connectivity index (χ4n) is 4.48. The molecule has 3 nitrogen and oxygen atoms in total. The van der Waals surface area contributed by atoms with Crippen LogP contribution in [0.4, 0.5) is 0 Å². The molecule has 0 unspecified atom stereocenters. The summed E-state index contributed by atoms with van der Waals surface area (Å²) < 4.78 is 11.2. The standard InChI is InChI=1S/C28H32O3/c1-6-30-25(29)14-19(2)12-13-21-17-28(21,5)22-15-23(20-10-8-7-9-11-20)26-24(16-22)27(3,4)18-31-26/h7-16,21H,6,17-18H2,1-5H3/b13-12+,19-14+/t21-,28+/m1/s1. The number of rotatable bonds is 6.